The normalized spacial score (nSPS) is 38.5. The van der Waals surface area contributed by atoms with Gasteiger partial charge in [0.1, 0.15) is 0 Å². The van der Waals surface area contributed by atoms with E-state index in [1.54, 1.807) is 4.90 Å². The third-order valence-corrected chi connectivity index (χ3v) is 4.56. The molecule has 0 bridgehead atoms. The van der Waals surface area contributed by atoms with Gasteiger partial charge in [0.05, 0.1) is 0 Å². The number of carbonyl (C=O) groups excluding carboxylic acids is 2. The Morgan fingerprint density at radius 3 is 2.65 bits per heavy atom. The number of hydrogen-bond acceptors (Lipinski definition) is 3. The smallest absolute Gasteiger partial charge is 0.223 e. The molecule has 0 aromatic rings. The largest absolute Gasteiger partial charge is 0.550 e. The fraction of sp³-hybridized carbons (Fsp3) is 0.846. The number of carbonyl (C=O) groups is 2. The predicted octanol–water partition coefficient (Wildman–Crippen LogP) is 0.409. The average molecular weight is 238 g/mol. The number of carboxylic acid groups (broad SMARTS) is 1. The molecule has 17 heavy (non-hydrogen) atoms. The zero-order valence-electron chi connectivity index (χ0n) is 10.5. The van der Waals surface area contributed by atoms with Crippen LogP contribution in [-0.4, -0.2) is 29.4 Å². The molecular weight excluding hydrogens is 218 g/mol. The Hall–Kier alpha value is -1.06. The Morgan fingerprint density at radius 2 is 2.06 bits per heavy atom. The summed E-state index contributed by atoms with van der Waals surface area (Å²) in [6.07, 6.45) is 3.48. The molecular formula is C13H20NO3-. The van der Waals surface area contributed by atoms with Gasteiger partial charge in [0.2, 0.25) is 5.91 Å². The molecule has 1 saturated carbocycles. The number of amides is 1. The van der Waals surface area contributed by atoms with Crippen LogP contribution in [0.1, 0.15) is 39.5 Å². The van der Waals surface area contributed by atoms with Crippen LogP contribution in [0.4, 0.5) is 0 Å². The predicted molar refractivity (Wildman–Crippen MR) is 60.8 cm³/mol. The van der Waals surface area contributed by atoms with Crippen molar-refractivity contribution in [3.8, 4) is 0 Å². The number of likely N-dealkylation sites (tertiary alicyclic amines) is 1. The highest BCUT2D eigenvalue weighted by molar-refractivity contribution is 5.85. The second-order valence-corrected chi connectivity index (χ2v) is 5.60. The molecule has 0 aromatic heterocycles. The van der Waals surface area contributed by atoms with Gasteiger partial charge in [-0.05, 0) is 18.3 Å². The Kier molecular flexibility index (Phi) is 3.40. The summed E-state index contributed by atoms with van der Waals surface area (Å²) >= 11 is 0. The molecule has 2 rings (SSSR count). The van der Waals surface area contributed by atoms with Crippen LogP contribution in [0.2, 0.25) is 0 Å². The number of nitrogens with zero attached hydrogens (tertiary/aromatic N) is 1. The molecule has 4 nitrogen and oxygen atoms in total. The maximum Gasteiger partial charge on any atom is 0.223 e. The minimum absolute atomic E-state index is 0.00912. The van der Waals surface area contributed by atoms with Crippen molar-refractivity contribution in [2.24, 2.45) is 17.8 Å². The number of carboxylic acids is 1. The van der Waals surface area contributed by atoms with Gasteiger partial charge in [0.15, 0.2) is 0 Å². The van der Waals surface area contributed by atoms with Crippen LogP contribution < -0.4 is 5.11 Å². The van der Waals surface area contributed by atoms with Crippen LogP contribution in [0.15, 0.2) is 0 Å². The lowest BCUT2D eigenvalue weighted by atomic mass is 9.77. The highest BCUT2D eigenvalue weighted by Crippen LogP contribution is 2.35. The van der Waals surface area contributed by atoms with Crippen molar-refractivity contribution in [1.29, 1.82) is 0 Å². The van der Waals surface area contributed by atoms with Gasteiger partial charge in [0.25, 0.3) is 0 Å². The third-order valence-electron chi connectivity index (χ3n) is 4.56. The van der Waals surface area contributed by atoms with Crippen molar-refractivity contribution in [1.82, 2.24) is 4.90 Å². The second kappa shape index (κ2) is 4.67. The fourth-order valence-corrected chi connectivity index (χ4v) is 3.20. The lowest BCUT2D eigenvalue weighted by molar-refractivity contribution is -0.311. The quantitative estimate of drug-likeness (QED) is 0.700. The van der Waals surface area contributed by atoms with Crippen molar-refractivity contribution in [2.45, 2.75) is 45.6 Å². The SMILES string of the molecule is C[C@H]1[C@H](N2C[C@H](C(=O)[O-])CC2=O)CCC[C@@H]1C. The topological polar surface area (TPSA) is 60.4 Å². The zero-order valence-corrected chi connectivity index (χ0v) is 10.5. The van der Waals surface area contributed by atoms with E-state index >= 15 is 0 Å². The highest BCUT2D eigenvalue weighted by Gasteiger charge is 2.39. The van der Waals surface area contributed by atoms with Gasteiger partial charge < -0.3 is 14.8 Å². The molecule has 0 aromatic carbocycles. The minimum atomic E-state index is -1.09. The summed E-state index contributed by atoms with van der Waals surface area (Å²) in [4.78, 5) is 24.5. The van der Waals surface area contributed by atoms with Crippen molar-refractivity contribution in [3.05, 3.63) is 0 Å². The van der Waals surface area contributed by atoms with Gasteiger partial charge >= 0.3 is 0 Å². The van der Waals surface area contributed by atoms with Gasteiger partial charge in [-0.1, -0.05) is 26.7 Å². The van der Waals surface area contributed by atoms with E-state index in [2.05, 4.69) is 13.8 Å². The molecule has 1 saturated heterocycles. The molecule has 1 amide bonds. The van der Waals surface area contributed by atoms with E-state index in [1.165, 1.54) is 6.42 Å². The molecule has 2 fully saturated rings. The second-order valence-electron chi connectivity index (χ2n) is 5.60. The molecule has 1 aliphatic heterocycles. The molecule has 0 spiro atoms. The maximum absolute atomic E-state index is 11.9. The summed E-state index contributed by atoms with van der Waals surface area (Å²) in [6, 6.07) is 0.232. The van der Waals surface area contributed by atoms with Crippen LogP contribution in [0, 0.1) is 17.8 Å². The summed E-state index contributed by atoms with van der Waals surface area (Å²) in [5.41, 5.74) is 0. The van der Waals surface area contributed by atoms with Crippen LogP contribution >= 0.6 is 0 Å². The van der Waals surface area contributed by atoms with Crippen LogP contribution in [0.5, 0.6) is 0 Å². The van der Waals surface area contributed by atoms with E-state index in [0.717, 1.165) is 12.8 Å². The Balaban J connectivity index is 2.07. The van der Waals surface area contributed by atoms with Gasteiger partial charge in [-0.15, -0.1) is 0 Å². The monoisotopic (exact) mass is 238 g/mol. The summed E-state index contributed by atoms with van der Waals surface area (Å²) in [7, 11) is 0. The molecule has 4 atom stereocenters. The van der Waals surface area contributed by atoms with E-state index in [4.69, 9.17) is 0 Å². The lowest BCUT2D eigenvalue weighted by Crippen LogP contribution is -2.45. The number of aliphatic carboxylic acids is 1. The Bertz CT molecular complexity index is 329. The average Bonchev–Trinajstić information content (AvgIpc) is 2.65. The number of rotatable bonds is 2. The summed E-state index contributed by atoms with van der Waals surface area (Å²) in [5, 5.41) is 10.8. The van der Waals surface area contributed by atoms with Gasteiger partial charge in [-0.25, -0.2) is 0 Å². The molecule has 2 aliphatic rings. The molecule has 4 heteroatoms. The summed E-state index contributed by atoms with van der Waals surface area (Å²) < 4.78 is 0. The molecule has 1 heterocycles. The first-order chi connectivity index (χ1) is 8.00. The van der Waals surface area contributed by atoms with Crippen LogP contribution in [-0.2, 0) is 9.59 Å². The maximum atomic E-state index is 11.9. The molecule has 1 aliphatic carbocycles. The van der Waals surface area contributed by atoms with E-state index in [0.29, 0.717) is 18.4 Å². The van der Waals surface area contributed by atoms with E-state index in [9.17, 15) is 14.7 Å². The standard InChI is InChI=1S/C13H21NO3/c1-8-4-3-5-11(9(8)2)14-7-10(13(16)17)6-12(14)15/h8-11H,3-7H2,1-2H3,(H,16,17)/p-1/t8-,9+,10+,11+/m0/s1. The van der Waals surface area contributed by atoms with Gasteiger partial charge in [-0.3, -0.25) is 4.79 Å². The Labute approximate surface area is 102 Å². The van der Waals surface area contributed by atoms with Crippen LogP contribution in [0.25, 0.3) is 0 Å². The van der Waals surface area contributed by atoms with Crippen LogP contribution in [0.3, 0.4) is 0 Å². The molecule has 0 unspecified atom stereocenters. The first kappa shape index (κ1) is 12.4. The van der Waals surface area contributed by atoms with Crippen molar-refractivity contribution in [2.75, 3.05) is 6.54 Å². The van der Waals surface area contributed by atoms with Gasteiger partial charge in [0, 0.05) is 30.9 Å². The first-order valence-corrected chi connectivity index (χ1v) is 6.51. The zero-order chi connectivity index (χ0) is 12.6. The Morgan fingerprint density at radius 1 is 1.35 bits per heavy atom. The van der Waals surface area contributed by atoms with Crippen molar-refractivity contribution in [3.63, 3.8) is 0 Å². The fourth-order valence-electron chi connectivity index (χ4n) is 3.20. The molecule has 96 valence electrons. The highest BCUT2D eigenvalue weighted by atomic mass is 16.4. The van der Waals surface area contributed by atoms with Crippen molar-refractivity contribution >= 4 is 11.9 Å². The third kappa shape index (κ3) is 2.31. The molecule has 0 radical (unpaired) electrons. The summed E-state index contributed by atoms with van der Waals surface area (Å²) in [6.45, 7) is 4.74. The minimum Gasteiger partial charge on any atom is -0.550 e. The van der Waals surface area contributed by atoms with E-state index in [-0.39, 0.29) is 18.4 Å². The number of hydrogen-bond donors (Lipinski definition) is 0. The lowest BCUT2D eigenvalue weighted by Gasteiger charge is -2.40. The van der Waals surface area contributed by atoms with E-state index < -0.39 is 11.9 Å². The first-order valence-electron chi connectivity index (χ1n) is 6.51. The van der Waals surface area contributed by atoms with Gasteiger partial charge in [-0.2, -0.15) is 0 Å². The van der Waals surface area contributed by atoms with Crippen molar-refractivity contribution < 1.29 is 14.7 Å². The molecule has 0 N–H and O–H groups in total. The summed E-state index contributed by atoms with van der Waals surface area (Å²) in [5.74, 6) is -0.619. The van der Waals surface area contributed by atoms with E-state index in [1.807, 2.05) is 0 Å².